The van der Waals surface area contributed by atoms with Crippen molar-refractivity contribution in [2.75, 3.05) is 18.0 Å². The maximum absolute atomic E-state index is 5.95. The molecule has 94 valence electrons. The normalized spacial score (nSPS) is 12.2. The Morgan fingerprint density at radius 3 is 2.71 bits per heavy atom. The van der Waals surface area contributed by atoms with Crippen LogP contribution in [0.1, 0.15) is 38.4 Å². The van der Waals surface area contributed by atoms with Gasteiger partial charge >= 0.3 is 0 Å². The van der Waals surface area contributed by atoms with Crippen molar-refractivity contribution in [3.8, 4) is 0 Å². The van der Waals surface area contributed by atoms with Crippen molar-refractivity contribution in [3.05, 3.63) is 36.7 Å². The minimum absolute atomic E-state index is 0.0445. The third-order valence-corrected chi connectivity index (χ3v) is 2.80. The lowest BCUT2D eigenvalue weighted by molar-refractivity contribution is 0.674. The van der Waals surface area contributed by atoms with Gasteiger partial charge in [-0.25, -0.2) is 0 Å². The molecule has 0 aliphatic heterocycles. The molecule has 3 nitrogen and oxygen atoms in total. The van der Waals surface area contributed by atoms with Crippen LogP contribution in [-0.4, -0.2) is 18.1 Å². The summed E-state index contributed by atoms with van der Waals surface area (Å²) in [4.78, 5) is 6.70. The summed E-state index contributed by atoms with van der Waals surface area (Å²) in [6.45, 7) is 9.90. The molecule has 1 rings (SSSR count). The molecule has 3 heteroatoms. The number of anilines is 1. The van der Waals surface area contributed by atoms with E-state index in [1.54, 1.807) is 0 Å². The lowest BCUT2D eigenvalue weighted by Gasteiger charge is -2.22. The fourth-order valence-corrected chi connectivity index (χ4v) is 1.76. The highest BCUT2D eigenvalue weighted by atomic mass is 15.1. The van der Waals surface area contributed by atoms with Crippen LogP contribution in [0.2, 0.25) is 0 Å². The molecule has 0 unspecified atom stereocenters. The third kappa shape index (κ3) is 3.86. The van der Waals surface area contributed by atoms with Crippen LogP contribution in [0.3, 0.4) is 0 Å². The van der Waals surface area contributed by atoms with Crippen LogP contribution in [0.15, 0.2) is 31.0 Å². The highest BCUT2D eigenvalue weighted by molar-refractivity contribution is 5.45. The predicted molar refractivity (Wildman–Crippen MR) is 74.2 cm³/mol. The van der Waals surface area contributed by atoms with E-state index >= 15 is 0 Å². The van der Waals surface area contributed by atoms with E-state index < -0.39 is 0 Å². The van der Waals surface area contributed by atoms with Gasteiger partial charge in [0.25, 0.3) is 0 Å². The monoisotopic (exact) mass is 233 g/mol. The first-order valence-electron chi connectivity index (χ1n) is 6.30. The van der Waals surface area contributed by atoms with E-state index in [1.807, 2.05) is 18.3 Å². The summed E-state index contributed by atoms with van der Waals surface area (Å²) in [5.74, 6) is 0. The Labute approximate surface area is 104 Å². The van der Waals surface area contributed by atoms with E-state index in [0.717, 1.165) is 37.3 Å². The maximum Gasteiger partial charge on any atom is 0.0572 e. The van der Waals surface area contributed by atoms with E-state index in [0.29, 0.717) is 0 Å². The molecule has 0 saturated carbocycles. The molecule has 0 spiro atoms. The van der Waals surface area contributed by atoms with E-state index in [1.165, 1.54) is 0 Å². The molecule has 0 bridgehead atoms. The molecule has 0 radical (unpaired) electrons. The van der Waals surface area contributed by atoms with Crippen molar-refractivity contribution in [2.24, 2.45) is 5.73 Å². The van der Waals surface area contributed by atoms with Gasteiger partial charge in [0.05, 0.1) is 17.6 Å². The number of hydrogen-bond donors (Lipinski definition) is 1. The zero-order valence-corrected chi connectivity index (χ0v) is 10.9. The van der Waals surface area contributed by atoms with Gasteiger partial charge in [-0.15, -0.1) is 6.58 Å². The predicted octanol–water partition coefficient (Wildman–Crippen LogP) is 2.89. The fourth-order valence-electron chi connectivity index (χ4n) is 1.76. The van der Waals surface area contributed by atoms with E-state index in [2.05, 4.69) is 36.4 Å². The Balaban J connectivity index is 2.79. The van der Waals surface area contributed by atoms with Crippen LogP contribution in [0, 0.1) is 0 Å². The van der Waals surface area contributed by atoms with E-state index in [9.17, 15) is 0 Å². The van der Waals surface area contributed by atoms with Crippen LogP contribution in [0.4, 0.5) is 5.69 Å². The smallest absolute Gasteiger partial charge is 0.0572 e. The number of rotatable bonds is 7. The maximum atomic E-state index is 5.95. The Hall–Kier alpha value is -1.35. The van der Waals surface area contributed by atoms with Gasteiger partial charge in [-0.05, 0) is 25.0 Å². The van der Waals surface area contributed by atoms with Crippen molar-refractivity contribution >= 4 is 5.69 Å². The van der Waals surface area contributed by atoms with Crippen LogP contribution in [0.25, 0.3) is 0 Å². The fraction of sp³-hybridized carbons (Fsp3) is 0.500. The Morgan fingerprint density at radius 1 is 1.47 bits per heavy atom. The standard InChI is InChI=1S/C14H23N3/c1-4-9-17(10-5-2)12-7-8-14(16-11-12)13(15)6-3/h4,7-8,11,13H,1,5-6,9-10,15H2,2-3H3/t13-/m1/s1. The first-order valence-corrected chi connectivity index (χ1v) is 6.30. The van der Waals surface area contributed by atoms with Gasteiger partial charge in [-0.2, -0.15) is 0 Å². The Morgan fingerprint density at radius 2 is 2.24 bits per heavy atom. The first kappa shape index (κ1) is 13.7. The molecule has 1 aromatic heterocycles. The molecule has 1 heterocycles. The van der Waals surface area contributed by atoms with Crippen molar-refractivity contribution in [1.29, 1.82) is 0 Å². The minimum atomic E-state index is 0.0445. The summed E-state index contributed by atoms with van der Waals surface area (Å²) >= 11 is 0. The topological polar surface area (TPSA) is 42.1 Å². The molecule has 0 saturated heterocycles. The van der Waals surface area contributed by atoms with E-state index in [4.69, 9.17) is 5.73 Å². The molecular formula is C14H23N3. The number of nitrogens with two attached hydrogens (primary N) is 1. The second-order valence-corrected chi connectivity index (χ2v) is 4.19. The lowest BCUT2D eigenvalue weighted by Crippen LogP contribution is -2.24. The van der Waals surface area contributed by atoms with Gasteiger partial charge in [0, 0.05) is 19.1 Å². The number of nitrogens with zero attached hydrogens (tertiary/aromatic N) is 2. The van der Waals surface area contributed by atoms with E-state index in [-0.39, 0.29) is 6.04 Å². The van der Waals surface area contributed by atoms with Gasteiger partial charge < -0.3 is 10.6 Å². The first-order chi connectivity index (χ1) is 8.22. The number of hydrogen-bond acceptors (Lipinski definition) is 3. The quantitative estimate of drug-likeness (QED) is 0.736. The second kappa shape index (κ2) is 7.07. The molecule has 0 aliphatic rings. The largest absolute Gasteiger partial charge is 0.367 e. The summed E-state index contributed by atoms with van der Waals surface area (Å²) in [6.07, 6.45) is 5.85. The second-order valence-electron chi connectivity index (χ2n) is 4.19. The van der Waals surface area contributed by atoms with Crippen molar-refractivity contribution in [2.45, 2.75) is 32.7 Å². The summed E-state index contributed by atoms with van der Waals surface area (Å²) in [6, 6.07) is 4.16. The van der Waals surface area contributed by atoms with Crippen LogP contribution < -0.4 is 10.6 Å². The highest BCUT2D eigenvalue weighted by Crippen LogP contribution is 2.17. The van der Waals surface area contributed by atoms with Gasteiger partial charge in [-0.1, -0.05) is 19.9 Å². The average Bonchev–Trinajstić information content (AvgIpc) is 2.38. The average molecular weight is 233 g/mol. The SMILES string of the molecule is C=CCN(CCC)c1ccc([C@H](N)CC)nc1. The van der Waals surface area contributed by atoms with Crippen molar-refractivity contribution in [3.63, 3.8) is 0 Å². The molecule has 1 aromatic rings. The molecule has 2 N–H and O–H groups in total. The summed E-state index contributed by atoms with van der Waals surface area (Å²) in [5, 5.41) is 0. The van der Waals surface area contributed by atoms with Crippen molar-refractivity contribution < 1.29 is 0 Å². The van der Waals surface area contributed by atoms with Gasteiger partial charge in [-0.3, -0.25) is 4.98 Å². The number of pyridine rings is 1. The Kier molecular flexibility index (Phi) is 5.70. The Bertz CT molecular complexity index is 332. The molecule has 17 heavy (non-hydrogen) atoms. The summed E-state index contributed by atoms with van der Waals surface area (Å²) < 4.78 is 0. The van der Waals surface area contributed by atoms with Crippen LogP contribution in [-0.2, 0) is 0 Å². The summed E-state index contributed by atoms with van der Waals surface area (Å²) in [5.41, 5.74) is 8.05. The third-order valence-electron chi connectivity index (χ3n) is 2.80. The van der Waals surface area contributed by atoms with Gasteiger partial charge in [0.1, 0.15) is 0 Å². The molecule has 0 aromatic carbocycles. The minimum Gasteiger partial charge on any atom is -0.367 e. The van der Waals surface area contributed by atoms with Crippen molar-refractivity contribution in [1.82, 2.24) is 4.98 Å². The van der Waals surface area contributed by atoms with Crippen LogP contribution in [0.5, 0.6) is 0 Å². The molecule has 0 amide bonds. The molecule has 1 atom stereocenters. The van der Waals surface area contributed by atoms with Crippen LogP contribution >= 0.6 is 0 Å². The van der Waals surface area contributed by atoms with Gasteiger partial charge in [0.2, 0.25) is 0 Å². The molecule has 0 aliphatic carbocycles. The highest BCUT2D eigenvalue weighted by Gasteiger charge is 2.07. The summed E-state index contributed by atoms with van der Waals surface area (Å²) in [7, 11) is 0. The zero-order valence-electron chi connectivity index (χ0n) is 10.9. The number of aromatic nitrogens is 1. The molecular weight excluding hydrogens is 210 g/mol. The van der Waals surface area contributed by atoms with Gasteiger partial charge in [0.15, 0.2) is 0 Å². The zero-order chi connectivity index (χ0) is 12.7. The molecule has 0 fully saturated rings. The lowest BCUT2D eigenvalue weighted by atomic mass is 10.1.